The molecule has 1 N–H and O–H groups in total. The van der Waals surface area contributed by atoms with Crippen molar-refractivity contribution < 1.29 is 9.53 Å². The van der Waals surface area contributed by atoms with E-state index in [1.54, 1.807) is 7.11 Å². The van der Waals surface area contributed by atoms with Crippen LogP contribution in [-0.4, -0.2) is 50.7 Å². The van der Waals surface area contributed by atoms with Crippen LogP contribution in [0.1, 0.15) is 13.8 Å². The van der Waals surface area contributed by atoms with Crippen LogP contribution in [-0.2, 0) is 9.53 Å². The van der Waals surface area contributed by atoms with E-state index in [9.17, 15) is 4.79 Å². The molecule has 2 atom stereocenters. The molecule has 0 aromatic carbocycles. The highest BCUT2D eigenvalue weighted by atomic mass is 35.5. The van der Waals surface area contributed by atoms with Gasteiger partial charge >= 0.3 is 0 Å². The Labute approximate surface area is 104 Å². The molecule has 1 fully saturated rings. The van der Waals surface area contributed by atoms with Gasteiger partial charge in [-0.15, -0.1) is 12.4 Å². The van der Waals surface area contributed by atoms with Crippen LogP contribution in [0.25, 0.3) is 0 Å². The molecule has 1 aliphatic rings. The number of nitrogens with one attached hydrogen (secondary N) is 1. The smallest absolute Gasteiger partial charge is 0.236 e. The number of rotatable bonds is 5. The van der Waals surface area contributed by atoms with Gasteiger partial charge in [0.2, 0.25) is 5.91 Å². The zero-order valence-corrected chi connectivity index (χ0v) is 11.2. The number of likely N-dealkylation sites (tertiary alicyclic amines) is 1. The maximum absolute atomic E-state index is 11.7. The second-order valence-electron chi connectivity index (χ2n) is 4.42. The highest BCUT2D eigenvalue weighted by Gasteiger charge is 2.28. The number of ether oxygens (including phenoxy) is 1. The van der Waals surface area contributed by atoms with Gasteiger partial charge in [-0.25, -0.2) is 0 Å². The fourth-order valence-corrected chi connectivity index (χ4v) is 1.81. The first-order chi connectivity index (χ1) is 7.15. The lowest BCUT2D eigenvalue weighted by Gasteiger charge is -2.16. The summed E-state index contributed by atoms with van der Waals surface area (Å²) in [5.74, 6) is 1.48. The van der Waals surface area contributed by atoms with E-state index < -0.39 is 0 Å². The lowest BCUT2D eigenvalue weighted by Crippen LogP contribution is -2.37. The minimum atomic E-state index is 0. The van der Waals surface area contributed by atoms with Crippen LogP contribution in [0.5, 0.6) is 0 Å². The highest BCUT2D eigenvalue weighted by molar-refractivity contribution is 5.85. The van der Waals surface area contributed by atoms with Gasteiger partial charge in [-0.3, -0.25) is 4.79 Å². The fraction of sp³-hybridized carbons (Fsp3) is 0.909. The van der Waals surface area contributed by atoms with E-state index in [1.165, 1.54) is 0 Å². The first-order valence-electron chi connectivity index (χ1n) is 5.62. The molecule has 1 amide bonds. The minimum absolute atomic E-state index is 0. The highest BCUT2D eigenvalue weighted by Crippen LogP contribution is 2.21. The molecule has 1 saturated heterocycles. The third-order valence-corrected chi connectivity index (χ3v) is 3.10. The van der Waals surface area contributed by atoms with Gasteiger partial charge in [-0.05, 0) is 11.8 Å². The zero-order chi connectivity index (χ0) is 11.3. The molecule has 0 aliphatic carbocycles. The zero-order valence-electron chi connectivity index (χ0n) is 10.4. The Morgan fingerprint density at radius 2 is 1.94 bits per heavy atom. The SMILES string of the molecule is COCCNCC(=O)N1CC(C)C(C)C1.Cl. The van der Waals surface area contributed by atoms with Gasteiger partial charge in [0.1, 0.15) is 0 Å². The van der Waals surface area contributed by atoms with Gasteiger partial charge in [0.15, 0.2) is 0 Å². The van der Waals surface area contributed by atoms with Gasteiger partial charge in [0, 0.05) is 26.7 Å². The summed E-state index contributed by atoms with van der Waals surface area (Å²) in [6, 6.07) is 0. The summed E-state index contributed by atoms with van der Waals surface area (Å²) in [4.78, 5) is 13.7. The number of carbonyl (C=O) groups excluding carboxylic acids is 1. The fourth-order valence-electron chi connectivity index (χ4n) is 1.81. The second kappa shape index (κ2) is 7.87. The van der Waals surface area contributed by atoms with Crippen LogP contribution >= 0.6 is 12.4 Å². The molecule has 0 bridgehead atoms. The van der Waals surface area contributed by atoms with Crippen molar-refractivity contribution in [2.45, 2.75) is 13.8 Å². The van der Waals surface area contributed by atoms with Crippen molar-refractivity contribution in [3.63, 3.8) is 0 Å². The van der Waals surface area contributed by atoms with Crippen LogP contribution in [0.3, 0.4) is 0 Å². The molecular weight excluding hydrogens is 228 g/mol. The molecule has 0 saturated carbocycles. The number of methoxy groups -OCH3 is 1. The molecular formula is C11H23ClN2O2. The Morgan fingerprint density at radius 3 is 2.44 bits per heavy atom. The number of hydrogen-bond acceptors (Lipinski definition) is 3. The number of hydrogen-bond donors (Lipinski definition) is 1. The minimum Gasteiger partial charge on any atom is -0.383 e. The van der Waals surface area contributed by atoms with Gasteiger partial charge in [0.25, 0.3) is 0 Å². The predicted molar refractivity (Wildman–Crippen MR) is 66.9 cm³/mol. The van der Waals surface area contributed by atoms with Crippen LogP contribution in [0.15, 0.2) is 0 Å². The van der Waals surface area contributed by atoms with Crippen molar-refractivity contribution in [3.8, 4) is 0 Å². The van der Waals surface area contributed by atoms with E-state index in [0.717, 1.165) is 19.6 Å². The van der Waals surface area contributed by atoms with E-state index >= 15 is 0 Å². The predicted octanol–water partition coefficient (Wildman–Crippen LogP) is 0.759. The first-order valence-corrected chi connectivity index (χ1v) is 5.62. The molecule has 0 spiro atoms. The summed E-state index contributed by atoms with van der Waals surface area (Å²) in [6.45, 7) is 8.05. The Morgan fingerprint density at radius 1 is 1.38 bits per heavy atom. The lowest BCUT2D eigenvalue weighted by molar-refractivity contribution is -0.129. The molecule has 4 nitrogen and oxygen atoms in total. The summed E-state index contributed by atoms with van der Waals surface area (Å²) in [7, 11) is 1.66. The third kappa shape index (κ3) is 4.68. The van der Waals surface area contributed by atoms with Crippen LogP contribution in [0.4, 0.5) is 0 Å². The van der Waals surface area contributed by atoms with E-state index in [0.29, 0.717) is 25.0 Å². The van der Waals surface area contributed by atoms with Crippen molar-refractivity contribution >= 4 is 18.3 Å². The van der Waals surface area contributed by atoms with Crippen molar-refractivity contribution in [3.05, 3.63) is 0 Å². The number of halogens is 1. The molecule has 0 aromatic heterocycles. The topological polar surface area (TPSA) is 41.6 Å². The summed E-state index contributed by atoms with van der Waals surface area (Å²) in [6.07, 6.45) is 0. The van der Waals surface area contributed by atoms with Crippen molar-refractivity contribution in [1.29, 1.82) is 0 Å². The quantitative estimate of drug-likeness (QED) is 0.733. The Kier molecular flexibility index (Phi) is 7.72. The van der Waals surface area contributed by atoms with Crippen molar-refractivity contribution in [1.82, 2.24) is 10.2 Å². The molecule has 1 aliphatic heterocycles. The normalized spacial score (nSPS) is 24.3. The monoisotopic (exact) mass is 250 g/mol. The van der Waals surface area contributed by atoms with Crippen LogP contribution < -0.4 is 5.32 Å². The van der Waals surface area contributed by atoms with E-state index in [-0.39, 0.29) is 18.3 Å². The maximum atomic E-state index is 11.7. The molecule has 1 rings (SSSR count). The van der Waals surface area contributed by atoms with Gasteiger partial charge in [-0.1, -0.05) is 13.8 Å². The molecule has 5 heteroatoms. The van der Waals surface area contributed by atoms with Gasteiger partial charge < -0.3 is 15.0 Å². The largest absolute Gasteiger partial charge is 0.383 e. The molecule has 1 heterocycles. The van der Waals surface area contributed by atoms with Gasteiger partial charge in [0.05, 0.1) is 13.2 Å². The number of amides is 1. The summed E-state index contributed by atoms with van der Waals surface area (Å²) in [5, 5.41) is 3.08. The Hall–Kier alpha value is -0.320. The average Bonchev–Trinajstić information content (AvgIpc) is 2.54. The molecule has 0 radical (unpaired) electrons. The molecule has 16 heavy (non-hydrogen) atoms. The standard InChI is InChI=1S/C11H22N2O2.ClH/c1-9-7-13(8-10(9)2)11(14)6-12-4-5-15-3;/h9-10,12H,4-8H2,1-3H3;1H. The lowest BCUT2D eigenvalue weighted by atomic mass is 10.0. The van der Waals surface area contributed by atoms with Crippen molar-refractivity contribution in [2.24, 2.45) is 11.8 Å². The number of nitrogens with zero attached hydrogens (tertiary/aromatic N) is 1. The molecule has 96 valence electrons. The summed E-state index contributed by atoms with van der Waals surface area (Å²) >= 11 is 0. The maximum Gasteiger partial charge on any atom is 0.236 e. The third-order valence-electron chi connectivity index (χ3n) is 3.10. The van der Waals surface area contributed by atoms with Crippen molar-refractivity contribution in [2.75, 3.05) is 39.9 Å². The Bertz CT molecular complexity index is 204. The summed E-state index contributed by atoms with van der Waals surface area (Å²) in [5.41, 5.74) is 0. The Balaban J connectivity index is 0.00000225. The molecule has 0 aromatic rings. The summed E-state index contributed by atoms with van der Waals surface area (Å²) < 4.78 is 4.90. The van der Waals surface area contributed by atoms with Crippen LogP contribution in [0.2, 0.25) is 0 Å². The van der Waals surface area contributed by atoms with E-state index in [1.807, 2.05) is 4.90 Å². The van der Waals surface area contributed by atoms with Crippen LogP contribution in [0, 0.1) is 11.8 Å². The molecule has 2 unspecified atom stereocenters. The first kappa shape index (κ1) is 15.7. The second-order valence-corrected chi connectivity index (χ2v) is 4.42. The average molecular weight is 251 g/mol. The number of carbonyl (C=O) groups is 1. The van der Waals surface area contributed by atoms with E-state index in [4.69, 9.17) is 4.74 Å². The van der Waals surface area contributed by atoms with E-state index in [2.05, 4.69) is 19.2 Å². The van der Waals surface area contributed by atoms with Gasteiger partial charge in [-0.2, -0.15) is 0 Å².